The molecule has 1 rings (SSSR count). The molecule has 13 heavy (non-hydrogen) atoms. The molecule has 1 aromatic carbocycles. The lowest BCUT2D eigenvalue weighted by atomic mass is 10.2. The molecule has 0 aliphatic heterocycles. The molecule has 0 aromatic heterocycles. The highest BCUT2D eigenvalue weighted by Gasteiger charge is 2.07. The summed E-state index contributed by atoms with van der Waals surface area (Å²) < 4.78 is 11.6. The van der Waals surface area contributed by atoms with Gasteiger partial charge in [0.15, 0.2) is 0 Å². The van der Waals surface area contributed by atoms with Gasteiger partial charge in [0.05, 0.1) is 10.8 Å². The Hall–Kier alpha value is 0.140. The minimum atomic E-state index is -0.899. The van der Waals surface area contributed by atoms with Gasteiger partial charge in [-0.1, -0.05) is 34.5 Å². The first kappa shape index (κ1) is 11.2. The van der Waals surface area contributed by atoms with Gasteiger partial charge in [0.2, 0.25) is 0 Å². The van der Waals surface area contributed by atoms with E-state index in [4.69, 9.17) is 11.6 Å². The Morgan fingerprint density at radius 1 is 1.54 bits per heavy atom. The summed E-state index contributed by atoms with van der Waals surface area (Å²) in [6.45, 7) is 1.91. The first-order valence-electron chi connectivity index (χ1n) is 3.91. The summed E-state index contributed by atoms with van der Waals surface area (Å²) in [5.41, 5.74) is 1.01. The van der Waals surface area contributed by atoms with Crippen molar-refractivity contribution >= 4 is 38.3 Å². The van der Waals surface area contributed by atoms with Crippen LogP contribution in [0.4, 0.5) is 0 Å². The van der Waals surface area contributed by atoms with E-state index in [1.165, 1.54) is 0 Å². The standard InChI is InChI=1S/C9H10BrClOS/c1-2-13(12)9-4-3-8(11)5-7(9)6-10/h3-5H,2,6H2,1H3. The van der Waals surface area contributed by atoms with Crippen molar-refractivity contribution in [2.45, 2.75) is 17.1 Å². The van der Waals surface area contributed by atoms with Gasteiger partial charge in [0.1, 0.15) is 0 Å². The molecule has 0 saturated heterocycles. The number of rotatable bonds is 3. The molecule has 1 aromatic rings. The molecule has 0 radical (unpaired) electrons. The van der Waals surface area contributed by atoms with Gasteiger partial charge in [-0.25, -0.2) is 0 Å². The third-order valence-corrected chi connectivity index (χ3v) is 3.93. The van der Waals surface area contributed by atoms with E-state index in [0.29, 0.717) is 16.1 Å². The van der Waals surface area contributed by atoms with Crippen LogP contribution in [0.5, 0.6) is 0 Å². The number of hydrogen-bond donors (Lipinski definition) is 0. The average Bonchev–Trinajstić information content (AvgIpc) is 2.16. The molecule has 1 atom stereocenters. The molecule has 0 fully saturated rings. The maximum Gasteiger partial charge on any atom is 0.0529 e. The van der Waals surface area contributed by atoms with Crippen molar-refractivity contribution in [3.63, 3.8) is 0 Å². The number of alkyl halides is 1. The second-order valence-electron chi connectivity index (χ2n) is 2.52. The van der Waals surface area contributed by atoms with E-state index < -0.39 is 10.8 Å². The molecular weight excluding hydrogens is 272 g/mol. The fourth-order valence-electron chi connectivity index (χ4n) is 1.03. The second kappa shape index (κ2) is 5.13. The van der Waals surface area contributed by atoms with Gasteiger partial charge < -0.3 is 0 Å². The van der Waals surface area contributed by atoms with Gasteiger partial charge in [-0.2, -0.15) is 0 Å². The largest absolute Gasteiger partial charge is 0.254 e. The van der Waals surface area contributed by atoms with Crippen LogP contribution in [0.1, 0.15) is 12.5 Å². The molecule has 0 amide bonds. The van der Waals surface area contributed by atoms with Crippen molar-refractivity contribution < 1.29 is 4.21 Å². The summed E-state index contributed by atoms with van der Waals surface area (Å²) in [6.07, 6.45) is 0. The first-order valence-corrected chi connectivity index (χ1v) is 6.73. The highest BCUT2D eigenvalue weighted by atomic mass is 79.9. The van der Waals surface area contributed by atoms with Crippen molar-refractivity contribution in [1.29, 1.82) is 0 Å². The van der Waals surface area contributed by atoms with Crippen LogP contribution in [0, 0.1) is 0 Å². The lowest BCUT2D eigenvalue weighted by Gasteiger charge is -2.05. The van der Waals surface area contributed by atoms with Gasteiger partial charge in [-0.3, -0.25) is 4.21 Å². The van der Waals surface area contributed by atoms with E-state index in [1.54, 1.807) is 6.07 Å². The Kier molecular flexibility index (Phi) is 4.42. The van der Waals surface area contributed by atoms with Crippen LogP contribution in [-0.4, -0.2) is 9.96 Å². The van der Waals surface area contributed by atoms with Crippen molar-refractivity contribution in [2.75, 3.05) is 5.75 Å². The zero-order valence-corrected chi connectivity index (χ0v) is 10.4. The topological polar surface area (TPSA) is 17.1 Å². The smallest absolute Gasteiger partial charge is 0.0529 e. The van der Waals surface area contributed by atoms with Crippen LogP contribution in [0.2, 0.25) is 5.02 Å². The van der Waals surface area contributed by atoms with Crippen molar-refractivity contribution in [2.24, 2.45) is 0 Å². The Balaban J connectivity index is 3.13. The van der Waals surface area contributed by atoms with E-state index in [9.17, 15) is 4.21 Å². The van der Waals surface area contributed by atoms with Crippen molar-refractivity contribution in [1.82, 2.24) is 0 Å². The third kappa shape index (κ3) is 2.79. The van der Waals surface area contributed by atoms with Gasteiger partial charge in [0.25, 0.3) is 0 Å². The summed E-state index contributed by atoms with van der Waals surface area (Å²) in [5, 5.41) is 1.38. The Labute approximate surface area is 94.1 Å². The van der Waals surface area contributed by atoms with Crippen LogP contribution in [0.15, 0.2) is 23.1 Å². The molecule has 0 aliphatic carbocycles. The van der Waals surface area contributed by atoms with Crippen LogP contribution in [0.3, 0.4) is 0 Å². The number of benzene rings is 1. The molecule has 1 nitrogen and oxygen atoms in total. The highest BCUT2D eigenvalue weighted by Crippen LogP contribution is 2.21. The maximum atomic E-state index is 11.6. The molecule has 72 valence electrons. The second-order valence-corrected chi connectivity index (χ2v) is 5.23. The van der Waals surface area contributed by atoms with Gasteiger partial charge >= 0.3 is 0 Å². The normalized spacial score (nSPS) is 12.8. The predicted octanol–water partition coefficient (Wildman–Crippen LogP) is 3.36. The predicted molar refractivity (Wildman–Crippen MR) is 61.0 cm³/mol. The highest BCUT2D eigenvalue weighted by molar-refractivity contribution is 9.08. The summed E-state index contributed by atoms with van der Waals surface area (Å²) in [4.78, 5) is 0.878. The molecule has 0 heterocycles. The zero-order chi connectivity index (χ0) is 9.84. The Morgan fingerprint density at radius 3 is 2.77 bits per heavy atom. The van der Waals surface area contributed by atoms with Gasteiger partial charge in [-0.15, -0.1) is 0 Å². The van der Waals surface area contributed by atoms with E-state index in [1.807, 2.05) is 19.1 Å². The van der Waals surface area contributed by atoms with Gasteiger partial charge in [-0.05, 0) is 23.8 Å². The molecule has 0 N–H and O–H groups in total. The van der Waals surface area contributed by atoms with E-state index in [-0.39, 0.29) is 0 Å². The summed E-state index contributed by atoms with van der Waals surface area (Å²) >= 11 is 9.17. The minimum absolute atomic E-state index is 0.641. The summed E-state index contributed by atoms with van der Waals surface area (Å²) in [7, 11) is -0.899. The van der Waals surface area contributed by atoms with Crippen molar-refractivity contribution in [3.05, 3.63) is 28.8 Å². The molecule has 0 aliphatic rings. The van der Waals surface area contributed by atoms with Crippen LogP contribution in [0.25, 0.3) is 0 Å². The monoisotopic (exact) mass is 280 g/mol. The SMILES string of the molecule is CCS(=O)c1ccc(Cl)cc1CBr. The fraction of sp³-hybridized carbons (Fsp3) is 0.333. The van der Waals surface area contributed by atoms with E-state index >= 15 is 0 Å². The maximum absolute atomic E-state index is 11.6. The van der Waals surface area contributed by atoms with E-state index in [2.05, 4.69) is 15.9 Å². The third-order valence-electron chi connectivity index (χ3n) is 1.67. The molecule has 4 heteroatoms. The summed E-state index contributed by atoms with van der Waals surface area (Å²) in [5.74, 6) is 0.641. The Bertz CT molecular complexity index is 327. The zero-order valence-electron chi connectivity index (χ0n) is 7.22. The van der Waals surface area contributed by atoms with Gasteiger partial charge in [0, 0.05) is 21.0 Å². The van der Waals surface area contributed by atoms with Crippen LogP contribution >= 0.6 is 27.5 Å². The molecule has 0 spiro atoms. The molecular formula is C9H10BrClOS. The number of halogens is 2. The molecule has 0 saturated carbocycles. The first-order chi connectivity index (χ1) is 6.19. The molecule has 1 unspecified atom stereocenters. The summed E-state index contributed by atoms with van der Waals surface area (Å²) in [6, 6.07) is 5.45. The van der Waals surface area contributed by atoms with Crippen LogP contribution < -0.4 is 0 Å². The average molecular weight is 282 g/mol. The lowest BCUT2D eigenvalue weighted by Crippen LogP contribution is -1.98. The van der Waals surface area contributed by atoms with Crippen LogP contribution in [-0.2, 0) is 16.1 Å². The number of hydrogen-bond acceptors (Lipinski definition) is 1. The molecule has 0 bridgehead atoms. The van der Waals surface area contributed by atoms with E-state index in [0.717, 1.165) is 10.5 Å². The fourth-order valence-corrected chi connectivity index (χ4v) is 2.83. The Morgan fingerprint density at radius 2 is 2.23 bits per heavy atom. The lowest BCUT2D eigenvalue weighted by molar-refractivity contribution is 0.683. The minimum Gasteiger partial charge on any atom is -0.254 e. The van der Waals surface area contributed by atoms with Crippen molar-refractivity contribution in [3.8, 4) is 0 Å². The quantitative estimate of drug-likeness (QED) is 0.777.